The van der Waals surface area contributed by atoms with Crippen LogP contribution in [0.15, 0.2) is 18.2 Å². The zero-order valence-electron chi connectivity index (χ0n) is 11.7. The van der Waals surface area contributed by atoms with Gasteiger partial charge < -0.3 is 10.2 Å². The lowest BCUT2D eigenvalue weighted by atomic mass is 10.2. The van der Waals surface area contributed by atoms with Crippen molar-refractivity contribution in [2.75, 3.05) is 18.0 Å². The molecule has 6 heteroatoms. The number of nitrogens with one attached hydrogen (secondary N) is 1. The van der Waals surface area contributed by atoms with Gasteiger partial charge in [-0.05, 0) is 18.2 Å². The number of benzene rings is 1. The molecule has 0 aromatic heterocycles. The second-order valence-electron chi connectivity index (χ2n) is 4.71. The van der Waals surface area contributed by atoms with Gasteiger partial charge in [0.25, 0.3) is 0 Å². The molecular weight excluding hydrogens is 283 g/mol. The number of carbonyl (C=O) groups is 2. The topological polar surface area (TPSA) is 49.4 Å². The zero-order valence-corrected chi connectivity index (χ0v) is 12.5. The highest BCUT2D eigenvalue weighted by molar-refractivity contribution is 6.31. The molecule has 1 N–H and O–H groups in total. The number of rotatable bonds is 5. The standard InChI is InChI=1S/C14H18ClFN2O2/c1-9(2)14(20)17-6-7-18(10(3)19)11-4-5-13(16)12(15)8-11/h4-5,8-9H,6-7H2,1-3H3,(H,17,20). The Bertz CT molecular complexity index is 506. The second kappa shape index (κ2) is 7.24. The summed E-state index contributed by atoms with van der Waals surface area (Å²) in [5.41, 5.74) is 0.502. The average molecular weight is 301 g/mol. The van der Waals surface area contributed by atoms with E-state index in [1.165, 1.54) is 30.0 Å². The smallest absolute Gasteiger partial charge is 0.223 e. The van der Waals surface area contributed by atoms with Gasteiger partial charge in [-0.3, -0.25) is 9.59 Å². The average Bonchev–Trinajstić information content (AvgIpc) is 2.37. The highest BCUT2D eigenvalue weighted by Gasteiger charge is 2.14. The van der Waals surface area contributed by atoms with Crippen LogP contribution in [0, 0.1) is 11.7 Å². The monoisotopic (exact) mass is 300 g/mol. The molecule has 0 heterocycles. The SMILES string of the molecule is CC(=O)N(CCNC(=O)C(C)C)c1ccc(F)c(Cl)c1. The Labute approximate surface area is 122 Å². The number of carbonyl (C=O) groups excluding carboxylic acids is 2. The second-order valence-corrected chi connectivity index (χ2v) is 5.12. The highest BCUT2D eigenvalue weighted by Crippen LogP contribution is 2.22. The fraction of sp³-hybridized carbons (Fsp3) is 0.429. The minimum Gasteiger partial charge on any atom is -0.354 e. The third-order valence-electron chi connectivity index (χ3n) is 2.75. The molecule has 0 aliphatic heterocycles. The van der Waals surface area contributed by atoms with Crippen LogP contribution in [0.5, 0.6) is 0 Å². The van der Waals surface area contributed by atoms with Gasteiger partial charge >= 0.3 is 0 Å². The molecule has 1 aromatic carbocycles. The van der Waals surface area contributed by atoms with E-state index in [4.69, 9.17) is 11.6 Å². The van der Waals surface area contributed by atoms with Gasteiger partial charge in [-0.15, -0.1) is 0 Å². The van der Waals surface area contributed by atoms with Crippen LogP contribution in [-0.2, 0) is 9.59 Å². The Morgan fingerprint density at radius 3 is 2.55 bits per heavy atom. The van der Waals surface area contributed by atoms with Crippen molar-refractivity contribution in [2.24, 2.45) is 5.92 Å². The third kappa shape index (κ3) is 4.49. The number of hydrogen-bond donors (Lipinski definition) is 1. The zero-order chi connectivity index (χ0) is 15.3. The lowest BCUT2D eigenvalue weighted by molar-refractivity contribution is -0.124. The van der Waals surface area contributed by atoms with Crippen molar-refractivity contribution < 1.29 is 14.0 Å². The minimum absolute atomic E-state index is 0.0417. The van der Waals surface area contributed by atoms with Crippen LogP contribution in [0.2, 0.25) is 5.02 Å². The first-order valence-corrected chi connectivity index (χ1v) is 6.71. The molecule has 0 unspecified atom stereocenters. The summed E-state index contributed by atoms with van der Waals surface area (Å²) in [4.78, 5) is 24.5. The highest BCUT2D eigenvalue weighted by atomic mass is 35.5. The van der Waals surface area contributed by atoms with Gasteiger partial charge in [0.1, 0.15) is 5.82 Å². The van der Waals surface area contributed by atoms with E-state index in [0.717, 1.165) is 0 Å². The Morgan fingerprint density at radius 2 is 2.05 bits per heavy atom. The molecule has 4 nitrogen and oxygen atoms in total. The molecule has 0 atom stereocenters. The summed E-state index contributed by atoms with van der Waals surface area (Å²) in [6.07, 6.45) is 0. The number of hydrogen-bond acceptors (Lipinski definition) is 2. The third-order valence-corrected chi connectivity index (χ3v) is 3.04. The molecule has 0 saturated heterocycles. The number of halogens is 2. The Balaban J connectivity index is 2.72. The van der Waals surface area contributed by atoms with Crippen molar-refractivity contribution in [2.45, 2.75) is 20.8 Å². The van der Waals surface area contributed by atoms with Gasteiger partial charge in [0, 0.05) is 31.6 Å². The molecule has 2 amide bonds. The van der Waals surface area contributed by atoms with E-state index in [-0.39, 0.29) is 22.8 Å². The molecule has 0 aliphatic carbocycles. The molecule has 0 saturated carbocycles. The van der Waals surface area contributed by atoms with Gasteiger partial charge in [0.15, 0.2) is 0 Å². The first-order valence-electron chi connectivity index (χ1n) is 6.33. The number of anilines is 1. The number of nitrogens with zero attached hydrogens (tertiary/aromatic N) is 1. The summed E-state index contributed by atoms with van der Waals surface area (Å²) < 4.78 is 13.1. The van der Waals surface area contributed by atoms with E-state index in [1.54, 1.807) is 13.8 Å². The lowest BCUT2D eigenvalue weighted by Crippen LogP contribution is -2.38. The van der Waals surface area contributed by atoms with Gasteiger partial charge in [-0.25, -0.2) is 4.39 Å². The maximum absolute atomic E-state index is 13.1. The maximum atomic E-state index is 13.1. The van der Waals surface area contributed by atoms with Gasteiger partial charge in [-0.2, -0.15) is 0 Å². The van der Waals surface area contributed by atoms with Crippen LogP contribution in [0.3, 0.4) is 0 Å². The van der Waals surface area contributed by atoms with Crippen LogP contribution >= 0.6 is 11.6 Å². The van der Waals surface area contributed by atoms with Crippen LogP contribution in [0.25, 0.3) is 0 Å². The molecule has 20 heavy (non-hydrogen) atoms. The van der Waals surface area contributed by atoms with Crippen molar-refractivity contribution in [3.63, 3.8) is 0 Å². The molecule has 1 rings (SSSR count). The molecule has 0 bridgehead atoms. The quantitative estimate of drug-likeness (QED) is 0.908. The summed E-state index contributed by atoms with van der Waals surface area (Å²) in [6, 6.07) is 4.08. The Morgan fingerprint density at radius 1 is 1.40 bits per heavy atom. The summed E-state index contributed by atoms with van der Waals surface area (Å²) in [5, 5.41) is 2.68. The first kappa shape index (κ1) is 16.4. The lowest BCUT2D eigenvalue weighted by Gasteiger charge is -2.22. The van der Waals surface area contributed by atoms with Gasteiger partial charge in [0.05, 0.1) is 5.02 Å². The van der Waals surface area contributed by atoms with Gasteiger partial charge in [-0.1, -0.05) is 25.4 Å². The molecule has 0 aliphatic rings. The maximum Gasteiger partial charge on any atom is 0.223 e. The predicted octanol–water partition coefficient (Wildman–Crippen LogP) is 2.60. The van der Waals surface area contributed by atoms with E-state index >= 15 is 0 Å². The first-order chi connectivity index (χ1) is 9.32. The van der Waals surface area contributed by atoms with Gasteiger partial charge in [0.2, 0.25) is 11.8 Å². The minimum atomic E-state index is -0.535. The summed E-state index contributed by atoms with van der Waals surface area (Å²) >= 11 is 5.71. The number of amides is 2. The van der Waals surface area contributed by atoms with Crippen molar-refractivity contribution in [1.29, 1.82) is 0 Å². The molecule has 0 spiro atoms. The van der Waals surface area contributed by atoms with E-state index in [1.807, 2.05) is 0 Å². The van der Waals surface area contributed by atoms with Crippen molar-refractivity contribution in [1.82, 2.24) is 5.32 Å². The normalized spacial score (nSPS) is 10.5. The Kier molecular flexibility index (Phi) is 5.95. The Hall–Kier alpha value is -1.62. The van der Waals surface area contributed by atoms with E-state index in [9.17, 15) is 14.0 Å². The fourth-order valence-corrected chi connectivity index (χ4v) is 1.79. The molecular formula is C14H18ClFN2O2. The largest absolute Gasteiger partial charge is 0.354 e. The molecule has 0 radical (unpaired) electrons. The van der Waals surface area contributed by atoms with Crippen molar-refractivity contribution >= 4 is 29.1 Å². The van der Waals surface area contributed by atoms with Crippen LogP contribution < -0.4 is 10.2 Å². The van der Waals surface area contributed by atoms with Crippen molar-refractivity contribution in [3.8, 4) is 0 Å². The van der Waals surface area contributed by atoms with E-state index < -0.39 is 5.82 Å². The van der Waals surface area contributed by atoms with Crippen molar-refractivity contribution in [3.05, 3.63) is 29.0 Å². The molecule has 110 valence electrons. The summed E-state index contributed by atoms with van der Waals surface area (Å²) in [7, 11) is 0. The predicted molar refractivity (Wildman–Crippen MR) is 77.3 cm³/mol. The van der Waals surface area contributed by atoms with Crippen LogP contribution in [0.1, 0.15) is 20.8 Å². The van der Waals surface area contributed by atoms with E-state index in [2.05, 4.69) is 5.32 Å². The molecule has 1 aromatic rings. The summed E-state index contributed by atoms with van der Waals surface area (Å²) in [6.45, 7) is 5.61. The van der Waals surface area contributed by atoms with Crippen LogP contribution in [-0.4, -0.2) is 24.9 Å². The van der Waals surface area contributed by atoms with Crippen LogP contribution in [0.4, 0.5) is 10.1 Å². The van der Waals surface area contributed by atoms with E-state index in [0.29, 0.717) is 18.8 Å². The molecule has 0 fully saturated rings. The summed E-state index contributed by atoms with van der Waals surface area (Å²) in [5.74, 6) is -0.926. The fourth-order valence-electron chi connectivity index (χ4n) is 1.62.